The lowest BCUT2D eigenvalue weighted by Crippen LogP contribution is -2.29. The van der Waals surface area contributed by atoms with Crippen molar-refractivity contribution in [3.8, 4) is 0 Å². The van der Waals surface area contributed by atoms with Gasteiger partial charge < -0.3 is 8.94 Å². The second-order valence-corrected chi connectivity index (χ2v) is 7.18. The molecule has 0 bridgehead atoms. The van der Waals surface area contributed by atoms with E-state index in [1.807, 2.05) is 0 Å². The molecule has 1 amide bonds. The molecule has 6 nitrogen and oxygen atoms in total. The van der Waals surface area contributed by atoms with Crippen LogP contribution in [0.25, 0.3) is 11.0 Å². The third-order valence-corrected chi connectivity index (χ3v) is 5.13. The van der Waals surface area contributed by atoms with Crippen molar-refractivity contribution in [3.05, 3.63) is 92.2 Å². The molecule has 5 rings (SSSR count). The van der Waals surface area contributed by atoms with Gasteiger partial charge in [0.05, 0.1) is 17.0 Å². The summed E-state index contributed by atoms with van der Waals surface area (Å²) < 4.78 is 24.6. The van der Waals surface area contributed by atoms with Crippen LogP contribution in [0.1, 0.15) is 33.5 Å². The average Bonchev–Trinajstić information content (AvgIpc) is 3.25. The van der Waals surface area contributed by atoms with E-state index in [0.717, 1.165) is 6.07 Å². The summed E-state index contributed by atoms with van der Waals surface area (Å²) >= 11 is 6.00. The molecule has 2 aromatic heterocycles. The maximum Gasteiger partial charge on any atom is 0.296 e. The van der Waals surface area contributed by atoms with E-state index >= 15 is 0 Å². The van der Waals surface area contributed by atoms with Gasteiger partial charge in [-0.15, -0.1) is 0 Å². The van der Waals surface area contributed by atoms with Gasteiger partial charge in [-0.3, -0.25) is 14.5 Å². The fourth-order valence-electron chi connectivity index (χ4n) is 3.61. The van der Waals surface area contributed by atoms with Crippen molar-refractivity contribution in [2.75, 3.05) is 4.90 Å². The number of nitrogens with zero attached hydrogens (tertiary/aromatic N) is 2. The Labute approximate surface area is 168 Å². The third-order valence-electron chi connectivity index (χ3n) is 4.88. The molecule has 1 atom stereocenters. The third kappa shape index (κ3) is 2.66. The van der Waals surface area contributed by atoms with Crippen molar-refractivity contribution in [3.63, 3.8) is 0 Å². The maximum atomic E-state index is 13.8. The van der Waals surface area contributed by atoms with E-state index in [0.29, 0.717) is 16.3 Å². The predicted octanol–water partition coefficient (Wildman–Crippen LogP) is 4.63. The van der Waals surface area contributed by atoms with Crippen molar-refractivity contribution >= 4 is 34.3 Å². The number of carbonyl (C=O) groups is 1. The molecule has 2 aromatic carbocycles. The van der Waals surface area contributed by atoms with Crippen LogP contribution < -0.4 is 10.3 Å². The highest BCUT2D eigenvalue weighted by molar-refractivity contribution is 6.30. The summed E-state index contributed by atoms with van der Waals surface area (Å²) in [4.78, 5) is 27.8. The summed E-state index contributed by atoms with van der Waals surface area (Å²) in [6.07, 6.45) is 0. The van der Waals surface area contributed by atoms with Gasteiger partial charge >= 0.3 is 0 Å². The molecule has 0 fully saturated rings. The van der Waals surface area contributed by atoms with Gasteiger partial charge in [0.25, 0.3) is 5.91 Å². The first-order valence-corrected chi connectivity index (χ1v) is 9.10. The van der Waals surface area contributed by atoms with Crippen LogP contribution in [-0.2, 0) is 0 Å². The van der Waals surface area contributed by atoms with Crippen molar-refractivity contribution in [1.29, 1.82) is 0 Å². The Morgan fingerprint density at radius 1 is 1.10 bits per heavy atom. The van der Waals surface area contributed by atoms with Gasteiger partial charge in [-0.1, -0.05) is 28.9 Å². The predicted molar refractivity (Wildman–Crippen MR) is 104 cm³/mol. The number of aryl methyl sites for hydroxylation is 1. The fourth-order valence-corrected chi connectivity index (χ4v) is 3.73. The van der Waals surface area contributed by atoms with Gasteiger partial charge in [-0.2, -0.15) is 0 Å². The molecule has 1 aliphatic rings. The number of amides is 1. The van der Waals surface area contributed by atoms with Crippen molar-refractivity contribution < 1.29 is 18.1 Å². The SMILES string of the molecule is Cc1cc(N2C(=O)c3oc4ccc(F)cc4c(=O)c3[C@H]2c2ccc(Cl)cc2)no1. The Balaban J connectivity index is 1.83. The quantitative estimate of drug-likeness (QED) is 0.481. The Morgan fingerprint density at radius 2 is 1.86 bits per heavy atom. The highest BCUT2D eigenvalue weighted by Crippen LogP contribution is 2.41. The van der Waals surface area contributed by atoms with Gasteiger partial charge in [0, 0.05) is 11.1 Å². The summed E-state index contributed by atoms with van der Waals surface area (Å²) in [5, 5.41) is 4.51. The number of aromatic nitrogens is 1. The number of halogens is 2. The lowest BCUT2D eigenvalue weighted by atomic mass is 9.98. The summed E-state index contributed by atoms with van der Waals surface area (Å²) in [6.45, 7) is 1.70. The second-order valence-electron chi connectivity index (χ2n) is 6.74. The average molecular weight is 411 g/mol. The molecule has 4 aromatic rings. The minimum Gasteiger partial charge on any atom is -0.450 e. The molecule has 0 spiro atoms. The van der Waals surface area contributed by atoms with E-state index in [2.05, 4.69) is 5.16 Å². The van der Waals surface area contributed by atoms with E-state index in [9.17, 15) is 14.0 Å². The van der Waals surface area contributed by atoms with Crippen LogP contribution in [0.3, 0.4) is 0 Å². The van der Waals surface area contributed by atoms with Crippen LogP contribution in [0.2, 0.25) is 5.02 Å². The highest BCUT2D eigenvalue weighted by atomic mass is 35.5. The van der Waals surface area contributed by atoms with E-state index in [4.69, 9.17) is 20.5 Å². The van der Waals surface area contributed by atoms with Crippen LogP contribution in [0.15, 0.2) is 62.3 Å². The first-order valence-electron chi connectivity index (χ1n) is 8.72. The largest absolute Gasteiger partial charge is 0.450 e. The van der Waals surface area contributed by atoms with Crippen LogP contribution in [0, 0.1) is 12.7 Å². The fraction of sp³-hybridized carbons (Fsp3) is 0.0952. The molecule has 1 aliphatic heterocycles. The number of carbonyl (C=O) groups excluding carboxylic acids is 1. The van der Waals surface area contributed by atoms with Crippen molar-refractivity contribution in [2.24, 2.45) is 0 Å². The molecule has 0 radical (unpaired) electrons. The number of hydrogen-bond acceptors (Lipinski definition) is 5. The lowest BCUT2D eigenvalue weighted by molar-refractivity contribution is 0.0969. The Bertz CT molecular complexity index is 1340. The number of hydrogen-bond donors (Lipinski definition) is 0. The number of benzene rings is 2. The molecular formula is C21H12ClFN2O4. The van der Waals surface area contributed by atoms with Crippen LogP contribution >= 0.6 is 11.6 Å². The summed E-state index contributed by atoms with van der Waals surface area (Å²) in [6, 6.07) is 11.1. The minimum absolute atomic E-state index is 0.0636. The summed E-state index contributed by atoms with van der Waals surface area (Å²) in [5.74, 6) is -0.453. The van der Waals surface area contributed by atoms with Gasteiger partial charge in [-0.25, -0.2) is 4.39 Å². The standard InChI is InChI=1S/C21H12ClFN2O4/c1-10-8-16(24-29-10)25-18(11-2-4-12(22)5-3-11)17-19(26)14-9-13(23)6-7-15(14)28-20(17)21(25)27/h2-9,18H,1H3/t18-/m1/s1. The summed E-state index contributed by atoms with van der Waals surface area (Å²) in [7, 11) is 0. The van der Waals surface area contributed by atoms with E-state index in [1.54, 1.807) is 37.3 Å². The number of rotatable bonds is 2. The molecule has 0 N–H and O–H groups in total. The Kier molecular flexibility index (Phi) is 3.82. The molecule has 8 heteroatoms. The Morgan fingerprint density at radius 3 is 2.55 bits per heavy atom. The topological polar surface area (TPSA) is 76.6 Å². The molecule has 0 saturated heterocycles. The molecule has 0 unspecified atom stereocenters. The van der Waals surface area contributed by atoms with E-state index in [1.165, 1.54) is 17.0 Å². The van der Waals surface area contributed by atoms with E-state index < -0.39 is 23.2 Å². The monoisotopic (exact) mass is 410 g/mol. The zero-order valence-corrected chi connectivity index (χ0v) is 15.7. The van der Waals surface area contributed by atoms with Gasteiger partial charge in [0.2, 0.25) is 5.76 Å². The first-order chi connectivity index (χ1) is 13.9. The van der Waals surface area contributed by atoms with Gasteiger partial charge in [0.1, 0.15) is 17.2 Å². The van der Waals surface area contributed by atoms with Crippen LogP contribution in [-0.4, -0.2) is 11.1 Å². The normalized spacial score (nSPS) is 15.9. The first kappa shape index (κ1) is 17.6. The highest BCUT2D eigenvalue weighted by Gasteiger charge is 2.44. The van der Waals surface area contributed by atoms with Crippen molar-refractivity contribution in [1.82, 2.24) is 5.16 Å². The smallest absolute Gasteiger partial charge is 0.296 e. The molecule has 3 heterocycles. The maximum absolute atomic E-state index is 13.8. The van der Waals surface area contributed by atoms with Crippen molar-refractivity contribution in [2.45, 2.75) is 13.0 Å². The molecule has 29 heavy (non-hydrogen) atoms. The number of fused-ring (bicyclic) bond motifs is 2. The lowest BCUT2D eigenvalue weighted by Gasteiger charge is -2.22. The van der Waals surface area contributed by atoms with Crippen LogP contribution in [0.4, 0.5) is 10.2 Å². The zero-order valence-electron chi connectivity index (χ0n) is 15.0. The van der Waals surface area contributed by atoms with E-state index in [-0.39, 0.29) is 28.1 Å². The zero-order chi connectivity index (χ0) is 20.3. The summed E-state index contributed by atoms with van der Waals surface area (Å²) in [5.41, 5.74) is 0.412. The second kappa shape index (κ2) is 6.28. The molecule has 0 aliphatic carbocycles. The van der Waals surface area contributed by atoms with Gasteiger partial charge in [0.15, 0.2) is 11.2 Å². The minimum atomic E-state index is -0.816. The van der Waals surface area contributed by atoms with Crippen LogP contribution in [0.5, 0.6) is 0 Å². The van der Waals surface area contributed by atoms with Gasteiger partial charge in [-0.05, 0) is 42.8 Å². The molecule has 144 valence electrons. The molecular weight excluding hydrogens is 399 g/mol. The Hall–Kier alpha value is -3.45. The molecule has 0 saturated carbocycles. The number of anilines is 1.